The van der Waals surface area contributed by atoms with Crippen LogP contribution in [0.25, 0.3) is 0 Å². The second-order valence-electron chi connectivity index (χ2n) is 6.25. The Morgan fingerprint density at radius 3 is 2.40 bits per heavy atom. The van der Waals surface area contributed by atoms with Crippen molar-refractivity contribution in [3.8, 4) is 0 Å². The molecule has 110 valence electrons. The van der Waals surface area contributed by atoms with Crippen molar-refractivity contribution in [2.45, 2.75) is 51.2 Å². The predicted molar refractivity (Wildman–Crippen MR) is 76.6 cm³/mol. The molecule has 0 spiro atoms. The van der Waals surface area contributed by atoms with Gasteiger partial charge in [0.25, 0.3) is 0 Å². The molecule has 1 amide bonds. The molecule has 20 heavy (non-hydrogen) atoms. The Morgan fingerprint density at radius 2 is 1.95 bits per heavy atom. The van der Waals surface area contributed by atoms with Crippen molar-refractivity contribution < 1.29 is 9.53 Å². The molecule has 0 unspecified atom stereocenters. The van der Waals surface area contributed by atoms with Crippen LogP contribution in [0.5, 0.6) is 0 Å². The average Bonchev–Trinajstić information content (AvgIpc) is 3.10. The van der Waals surface area contributed by atoms with Gasteiger partial charge in [-0.25, -0.2) is 14.8 Å². The molecule has 6 heteroatoms. The molecule has 1 heterocycles. The fraction of sp³-hybridized carbons (Fsp3) is 0.643. The average molecular weight is 278 g/mol. The number of nitrogens with zero attached hydrogens (tertiary/aromatic N) is 2. The summed E-state index contributed by atoms with van der Waals surface area (Å²) in [5.74, 6) is 0.261. The number of nitrogens with one attached hydrogen (secondary N) is 2. The van der Waals surface area contributed by atoms with Gasteiger partial charge < -0.3 is 10.1 Å². The van der Waals surface area contributed by atoms with E-state index < -0.39 is 11.7 Å². The van der Waals surface area contributed by atoms with Gasteiger partial charge in [0, 0.05) is 17.9 Å². The summed E-state index contributed by atoms with van der Waals surface area (Å²) in [4.78, 5) is 19.9. The van der Waals surface area contributed by atoms with Crippen LogP contribution in [0.2, 0.25) is 0 Å². The zero-order valence-corrected chi connectivity index (χ0v) is 12.5. The minimum Gasteiger partial charge on any atom is -0.444 e. The Morgan fingerprint density at radius 1 is 1.35 bits per heavy atom. The molecule has 0 radical (unpaired) electrons. The lowest BCUT2D eigenvalue weighted by atomic mass is 10.1. The first-order valence-electron chi connectivity index (χ1n) is 6.82. The summed E-state index contributed by atoms with van der Waals surface area (Å²) >= 11 is 0. The lowest BCUT2D eigenvalue weighted by Gasteiger charge is -2.19. The normalized spacial score (nSPS) is 16.6. The first kappa shape index (κ1) is 14.7. The summed E-state index contributed by atoms with van der Waals surface area (Å²) in [6, 6.07) is 0. The van der Waals surface area contributed by atoms with E-state index in [-0.39, 0.29) is 11.5 Å². The Kier molecular flexibility index (Phi) is 3.94. The van der Waals surface area contributed by atoms with Crippen LogP contribution >= 0.6 is 0 Å². The molecule has 1 aromatic heterocycles. The second kappa shape index (κ2) is 5.36. The minimum atomic E-state index is -0.542. The molecule has 0 bridgehead atoms. The third-order valence-electron chi connectivity index (χ3n) is 3.24. The third kappa shape index (κ3) is 4.16. The van der Waals surface area contributed by atoms with Crippen LogP contribution in [0.3, 0.4) is 0 Å². The maximum atomic E-state index is 11.6. The van der Waals surface area contributed by atoms with E-state index in [9.17, 15) is 4.79 Å². The van der Waals surface area contributed by atoms with Gasteiger partial charge >= 0.3 is 6.09 Å². The summed E-state index contributed by atoms with van der Waals surface area (Å²) in [7, 11) is 1.98. The Hall–Kier alpha value is -1.69. The topological polar surface area (TPSA) is 76.1 Å². The fourth-order valence-corrected chi connectivity index (χ4v) is 1.96. The molecule has 1 fully saturated rings. The predicted octanol–water partition coefficient (Wildman–Crippen LogP) is 2.12. The summed E-state index contributed by atoms with van der Waals surface area (Å²) in [5.41, 5.74) is 0.755. The van der Waals surface area contributed by atoms with Crippen molar-refractivity contribution in [3.63, 3.8) is 0 Å². The van der Waals surface area contributed by atoms with Gasteiger partial charge in [0.2, 0.25) is 5.95 Å². The molecular weight excluding hydrogens is 256 g/mol. The van der Waals surface area contributed by atoms with Crippen molar-refractivity contribution in [2.24, 2.45) is 0 Å². The first-order chi connectivity index (χ1) is 9.32. The van der Waals surface area contributed by atoms with Crippen LogP contribution in [0.15, 0.2) is 12.4 Å². The number of likely N-dealkylation sites (N-methyl/N-ethyl adjacent to an activating group) is 1. The highest BCUT2D eigenvalue weighted by Gasteiger charge is 2.40. The van der Waals surface area contributed by atoms with Crippen LogP contribution in [-0.2, 0) is 11.2 Å². The van der Waals surface area contributed by atoms with Gasteiger partial charge in [-0.2, -0.15) is 0 Å². The van der Waals surface area contributed by atoms with Crippen molar-refractivity contribution in [2.75, 3.05) is 12.4 Å². The van der Waals surface area contributed by atoms with E-state index in [0.717, 1.165) is 12.0 Å². The molecule has 0 atom stereocenters. The Bertz CT molecular complexity index is 475. The number of aromatic nitrogens is 2. The van der Waals surface area contributed by atoms with Crippen LogP contribution in [0.4, 0.5) is 10.7 Å². The molecule has 0 aromatic carbocycles. The molecule has 2 N–H and O–H groups in total. The second-order valence-corrected chi connectivity index (χ2v) is 6.25. The smallest absolute Gasteiger partial charge is 0.414 e. The highest BCUT2D eigenvalue weighted by Crippen LogP contribution is 2.37. The number of amides is 1. The van der Waals surface area contributed by atoms with E-state index in [1.54, 1.807) is 12.4 Å². The minimum absolute atomic E-state index is 0.226. The van der Waals surface area contributed by atoms with Crippen molar-refractivity contribution >= 4 is 12.0 Å². The number of anilines is 1. The Labute approximate surface area is 119 Å². The van der Waals surface area contributed by atoms with E-state index in [2.05, 4.69) is 20.6 Å². The SMILES string of the molecule is CNC1(Cc2cnc(NC(=O)OC(C)(C)C)nc2)CC1. The number of hydrogen-bond donors (Lipinski definition) is 2. The molecule has 1 saturated carbocycles. The third-order valence-corrected chi connectivity index (χ3v) is 3.24. The number of carbonyl (C=O) groups is 1. The van der Waals surface area contributed by atoms with Gasteiger partial charge in [-0.15, -0.1) is 0 Å². The zero-order valence-electron chi connectivity index (χ0n) is 12.5. The number of rotatable bonds is 4. The maximum Gasteiger partial charge on any atom is 0.414 e. The summed E-state index contributed by atoms with van der Waals surface area (Å²) < 4.78 is 5.14. The van der Waals surface area contributed by atoms with Gasteiger partial charge in [0.05, 0.1) is 0 Å². The van der Waals surface area contributed by atoms with Crippen molar-refractivity contribution in [1.29, 1.82) is 0 Å². The molecular formula is C14H22N4O2. The quantitative estimate of drug-likeness (QED) is 0.882. The van der Waals surface area contributed by atoms with E-state index in [1.807, 2.05) is 27.8 Å². The number of carbonyl (C=O) groups excluding carboxylic acids is 1. The lowest BCUT2D eigenvalue weighted by Crippen LogP contribution is -2.30. The highest BCUT2D eigenvalue weighted by atomic mass is 16.6. The van der Waals surface area contributed by atoms with Gasteiger partial charge in [-0.05, 0) is 52.6 Å². The van der Waals surface area contributed by atoms with E-state index in [0.29, 0.717) is 0 Å². The standard InChI is InChI=1S/C14H22N4O2/c1-13(2,3)20-12(19)18-11-16-8-10(9-17-11)7-14(15-4)5-6-14/h8-9,15H,5-7H2,1-4H3,(H,16,17,18,19). The summed E-state index contributed by atoms with van der Waals surface area (Å²) in [6.07, 6.45) is 6.23. The van der Waals surface area contributed by atoms with Crippen LogP contribution in [0.1, 0.15) is 39.2 Å². The maximum absolute atomic E-state index is 11.6. The van der Waals surface area contributed by atoms with E-state index >= 15 is 0 Å². The molecule has 0 saturated heterocycles. The zero-order chi connectivity index (χ0) is 14.8. The molecule has 0 aliphatic heterocycles. The van der Waals surface area contributed by atoms with Crippen LogP contribution in [-0.4, -0.2) is 34.2 Å². The van der Waals surface area contributed by atoms with Gasteiger partial charge in [0.15, 0.2) is 0 Å². The fourth-order valence-electron chi connectivity index (χ4n) is 1.96. The number of hydrogen-bond acceptors (Lipinski definition) is 5. The Balaban J connectivity index is 1.90. The molecule has 6 nitrogen and oxygen atoms in total. The first-order valence-corrected chi connectivity index (χ1v) is 6.82. The summed E-state index contributed by atoms with van der Waals surface area (Å²) in [5, 5.41) is 5.85. The lowest BCUT2D eigenvalue weighted by molar-refractivity contribution is 0.0634. The molecule has 1 aromatic rings. The van der Waals surface area contributed by atoms with Crippen molar-refractivity contribution in [1.82, 2.24) is 15.3 Å². The molecule has 2 rings (SSSR count). The monoisotopic (exact) mass is 278 g/mol. The van der Waals surface area contributed by atoms with Crippen molar-refractivity contribution in [3.05, 3.63) is 18.0 Å². The van der Waals surface area contributed by atoms with Gasteiger partial charge in [-0.1, -0.05) is 0 Å². The molecule has 1 aliphatic carbocycles. The van der Waals surface area contributed by atoms with E-state index in [4.69, 9.17) is 4.74 Å². The highest BCUT2D eigenvalue weighted by molar-refractivity contribution is 5.82. The van der Waals surface area contributed by atoms with Crippen LogP contribution < -0.4 is 10.6 Å². The number of ether oxygens (including phenoxy) is 1. The summed E-state index contributed by atoms with van der Waals surface area (Å²) in [6.45, 7) is 5.43. The van der Waals surface area contributed by atoms with Gasteiger partial charge in [0.1, 0.15) is 5.60 Å². The van der Waals surface area contributed by atoms with Crippen LogP contribution in [0, 0.1) is 0 Å². The van der Waals surface area contributed by atoms with Gasteiger partial charge in [-0.3, -0.25) is 5.32 Å². The molecule has 1 aliphatic rings. The van der Waals surface area contributed by atoms with E-state index in [1.165, 1.54) is 12.8 Å². The largest absolute Gasteiger partial charge is 0.444 e.